The zero-order valence-electron chi connectivity index (χ0n) is 24.4. The fourth-order valence-electron chi connectivity index (χ4n) is 5.28. The van der Waals surface area contributed by atoms with Crippen LogP contribution in [0.5, 0.6) is 5.75 Å². The standard InChI is InChI=1S/C38H38O5/c1-2-31(32-22-24-35(25-23-32)38(41)42)18-14-29(27-30-16-20-34(21-17-30)37(39)40)15-19-33-12-6-7-13-36(33)43-26-8-11-28-9-4-3-5-10-28/h3-7,9-10,12-13,16-17,20-25,29H,1,8,11,14-15,18-19,26-27H2,(H,39,40)(H,41,42). The predicted molar refractivity (Wildman–Crippen MR) is 171 cm³/mol. The van der Waals surface area contributed by atoms with Gasteiger partial charge in [-0.15, -0.1) is 5.73 Å². The molecule has 0 bridgehead atoms. The van der Waals surface area contributed by atoms with Crippen LogP contribution >= 0.6 is 0 Å². The Labute approximate surface area is 253 Å². The van der Waals surface area contributed by atoms with Crippen LogP contribution in [-0.4, -0.2) is 28.8 Å². The average molecular weight is 575 g/mol. The molecule has 1 unspecified atom stereocenters. The van der Waals surface area contributed by atoms with E-state index >= 15 is 0 Å². The fourth-order valence-corrected chi connectivity index (χ4v) is 5.28. The van der Waals surface area contributed by atoms with E-state index in [0.717, 1.165) is 67.4 Å². The smallest absolute Gasteiger partial charge is 0.335 e. The lowest BCUT2D eigenvalue weighted by atomic mass is 9.86. The van der Waals surface area contributed by atoms with Crippen molar-refractivity contribution in [3.8, 4) is 5.75 Å². The maximum absolute atomic E-state index is 11.3. The van der Waals surface area contributed by atoms with Crippen LogP contribution in [0.4, 0.5) is 0 Å². The first-order chi connectivity index (χ1) is 20.9. The van der Waals surface area contributed by atoms with Gasteiger partial charge in [-0.1, -0.05) is 79.4 Å². The first-order valence-corrected chi connectivity index (χ1v) is 14.7. The summed E-state index contributed by atoms with van der Waals surface area (Å²) in [7, 11) is 0. The predicted octanol–water partition coefficient (Wildman–Crippen LogP) is 8.53. The van der Waals surface area contributed by atoms with E-state index in [4.69, 9.17) is 4.74 Å². The Bertz CT molecular complexity index is 1530. The molecule has 0 saturated carbocycles. The third kappa shape index (κ3) is 9.59. The Morgan fingerprint density at radius 2 is 1.30 bits per heavy atom. The van der Waals surface area contributed by atoms with E-state index < -0.39 is 11.9 Å². The fraction of sp³-hybridized carbons (Fsp3) is 0.237. The highest BCUT2D eigenvalue weighted by molar-refractivity contribution is 5.88. The second-order valence-corrected chi connectivity index (χ2v) is 10.7. The molecule has 0 aromatic heterocycles. The summed E-state index contributed by atoms with van der Waals surface area (Å²) in [6.45, 7) is 4.54. The van der Waals surface area contributed by atoms with Crippen molar-refractivity contribution >= 4 is 17.5 Å². The number of carboxylic acids is 2. The van der Waals surface area contributed by atoms with E-state index in [-0.39, 0.29) is 11.1 Å². The summed E-state index contributed by atoms with van der Waals surface area (Å²) in [4.78, 5) is 22.6. The zero-order chi connectivity index (χ0) is 30.4. The summed E-state index contributed by atoms with van der Waals surface area (Å²) in [5.41, 5.74) is 9.03. The molecule has 0 amide bonds. The van der Waals surface area contributed by atoms with Gasteiger partial charge < -0.3 is 14.9 Å². The summed E-state index contributed by atoms with van der Waals surface area (Å²) in [6, 6.07) is 32.6. The zero-order valence-corrected chi connectivity index (χ0v) is 24.4. The Balaban J connectivity index is 1.42. The van der Waals surface area contributed by atoms with Gasteiger partial charge in [0.15, 0.2) is 0 Å². The van der Waals surface area contributed by atoms with Crippen LogP contribution in [0.3, 0.4) is 0 Å². The largest absolute Gasteiger partial charge is 0.493 e. The summed E-state index contributed by atoms with van der Waals surface area (Å²) < 4.78 is 6.23. The number of aromatic carboxylic acids is 2. The van der Waals surface area contributed by atoms with E-state index in [2.05, 4.69) is 42.6 Å². The normalized spacial score (nSPS) is 11.3. The molecule has 0 aliphatic rings. The maximum Gasteiger partial charge on any atom is 0.335 e. The first-order valence-electron chi connectivity index (χ1n) is 14.7. The number of para-hydroxylation sites is 1. The van der Waals surface area contributed by atoms with Crippen molar-refractivity contribution in [3.63, 3.8) is 0 Å². The minimum atomic E-state index is -0.954. The van der Waals surface area contributed by atoms with Crippen molar-refractivity contribution in [2.45, 2.75) is 44.9 Å². The molecule has 43 heavy (non-hydrogen) atoms. The molecule has 0 aliphatic heterocycles. The molecule has 0 saturated heterocycles. The maximum atomic E-state index is 11.3. The van der Waals surface area contributed by atoms with Gasteiger partial charge in [-0.25, -0.2) is 9.59 Å². The second kappa shape index (κ2) is 16.0. The minimum Gasteiger partial charge on any atom is -0.493 e. The van der Waals surface area contributed by atoms with Gasteiger partial charge in [0.2, 0.25) is 0 Å². The van der Waals surface area contributed by atoms with E-state index in [1.165, 1.54) is 11.1 Å². The number of aryl methyl sites for hydroxylation is 2. The van der Waals surface area contributed by atoms with Crippen molar-refractivity contribution in [2.75, 3.05) is 6.61 Å². The molecule has 220 valence electrons. The topological polar surface area (TPSA) is 83.8 Å². The highest BCUT2D eigenvalue weighted by Gasteiger charge is 2.15. The number of allylic oxidation sites excluding steroid dienone is 1. The minimum absolute atomic E-state index is 0.246. The monoisotopic (exact) mass is 574 g/mol. The van der Waals surface area contributed by atoms with Crippen molar-refractivity contribution in [1.29, 1.82) is 0 Å². The summed E-state index contributed by atoms with van der Waals surface area (Å²) in [6.07, 6.45) is 6.12. The summed E-state index contributed by atoms with van der Waals surface area (Å²) in [5.74, 6) is -0.656. The van der Waals surface area contributed by atoms with E-state index in [1.54, 1.807) is 24.3 Å². The Hall–Kier alpha value is -4.86. The Morgan fingerprint density at radius 3 is 1.95 bits per heavy atom. The molecule has 5 heteroatoms. The van der Waals surface area contributed by atoms with Crippen LogP contribution in [0.1, 0.15) is 68.7 Å². The quantitative estimate of drug-likeness (QED) is 0.103. The lowest BCUT2D eigenvalue weighted by Gasteiger charge is -2.19. The highest BCUT2D eigenvalue weighted by atomic mass is 16.5. The van der Waals surface area contributed by atoms with Gasteiger partial charge in [0.25, 0.3) is 0 Å². The van der Waals surface area contributed by atoms with E-state index in [9.17, 15) is 19.8 Å². The van der Waals surface area contributed by atoms with Gasteiger partial charge in [0.1, 0.15) is 5.75 Å². The molecule has 0 spiro atoms. The van der Waals surface area contributed by atoms with Crippen molar-refractivity contribution in [1.82, 2.24) is 0 Å². The molecule has 0 fully saturated rings. The van der Waals surface area contributed by atoms with Crippen LogP contribution in [0, 0.1) is 5.92 Å². The number of hydrogen-bond acceptors (Lipinski definition) is 3. The summed E-state index contributed by atoms with van der Waals surface area (Å²) >= 11 is 0. The van der Waals surface area contributed by atoms with E-state index in [0.29, 0.717) is 12.5 Å². The van der Waals surface area contributed by atoms with Gasteiger partial charge >= 0.3 is 11.9 Å². The van der Waals surface area contributed by atoms with Crippen LogP contribution in [-0.2, 0) is 19.3 Å². The Morgan fingerprint density at radius 1 is 0.698 bits per heavy atom. The molecule has 0 aliphatic carbocycles. The number of hydrogen-bond donors (Lipinski definition) is 2. The highest BCUT2D eigenvalue weighted by Crippen LogP contribution is 2.29. The number of carboxylic acid groups (broad SMARTS) is 2. The van der Waals surface area contributed by atoms with Crippen LogP contribution < -0.4 is 4.74 Å². The number of carbonyl (C=O) groups is 2. The van der Waals surface area contributed by atoms with Crippen molar-refractivity contribution < 1.29 is 24.5 Å². The molecule has 4 rings (SSSR count). The lowest BCUT2D eigenvalue weighted by Crippen LogP contribution is -2.09. The SMILES string of the molecule is C=C=C(CCC(CCc1ccccc1OCCCc1ccccc1)Cc1ccc(C(=O)O)cc1)c1ccc(C(=O)O)cc1. The van der Waals surface area contributed by atoms with Crippen LogP contribution in [0.25, 0.3) is 5.57 Å². The molecule has 0 heterocycles. The second-order valence-electron chi connectivity index (χ2n) is 10.7. The third-order valence-corrected chi connectivity index (χ3v) is 7.73. The molecular weight excluding hydrogens is 536 g/mol. The molecule has 1 atom stereocenters. The van der Waals surface area contributed by atoms with Gasteiger partial charge in [-0.05, 0) is 103 Å². The molecule has 4 aromatic carbocycles. The van der Waals surface area contributed by atoms with Gasteiger partial charge in [-0.3, -0.25) is 0 Å². The molecule has 0 radical (unpaired) electrons. The molecule has 2 N–H and O–H groups in total. The summed E-state index contributed by atoms with van der Waals surface area (Å²) in [5, 5.41) is 18.5. The molecule has 5 nitrogen and oxygen atoms in total. The van der Waals surface area contributed by atoms with Crippen molar-refractivity contribution in [2.24, 2.45) is 5.92 Å². The average Bonchev–Trinajstić information content (AvgIpc) is 3.03. The number of ether oxygens (including phenoxy) is 1. The van der Waals surface area contributed by atoms with E-state index in [1.807, 2.05) is 48.5 Å². The van der Waals surface area contributed by atoms with Crippen LogP contribution in [0.2, 0.25) is 0 Å². The number of rotatable bonds is 16. The molecular formula is C38H38O5. The third-order valence-electron chi connectivity index (χ3n) is 7.73. The van der Waals surface area contributed by atoms with Crippen LogP contribution in [0.15, 0.2) is 115 Å². The lowest BCUT2D eigenvalue weighted by molar-refractivity contribution is 0.0686. The van der Waals surface area contributed by atoms with Gasteiger partial charge in [0.05, 0.1) is 17.7 Å². The molecule has 4 aromatic rings. The van der Waals surface area contributed by atoms with Crippen molar-refractivity contribution in [3.05, 3.63) is 149 Å². The first kappa shape index (κ1) is 31.1. The van der Waals surface area contributed by atoms with Gasteiger partial charge in [0, 0.05) is 5.57 Å². The van der Waals surface area contributed by atoms with Gasteiger partial charge in [-0.2, -0.15) is 0 Å². The number of benzene rings is 4. The Kier molecular flexibility index (Phi) is 11.5.